The lowest BCUT2D eigenvalue weighted by Crippen LogP contribution is -2.04. The molecule has 0 spiro atoms. The van der Waals surface area contributed by atoms with Gasteiger partial charge in [0.05, 0.1) is 21.6 Å². The smallest absolute Gasteiger partial charge is 0.266 e. The second-order valence-electron chi connectivity index (χ2n) is 4.70. The van der Waals surface area contributed by atoms with Gasteiger partial charge < -0.3 is 0 Å². The Labute approximate surface area is 131 Å². The molecule has 0 fully saturated rings. The molecule has 3 aromatic rings. The van der Waals surface area contributed by atoms with Crippen LogP contribution in [0.4, 0.5) is 5.69 Å². The Kier molecular flexibility index (Phi) is 3.67. The fraction of sp³-hybridized carbons (Fsp3) is 0. The third kappa shape index (κ3) is 2.59. The first kappa shape index (κ1) is 14.9. The largest absolute Gasteiger partial charge is 0.277 e. The molecule has 1 aromatic heterocycles. The van der Waals surface area contributed by atoms with Gasteiger partial charge in [-0.1, -0.05) is 30.3 Å². The van der Waals surface area contributed by atoms with E-state index in [1.807, 2.05) is 0 Å². The van der Waals surface area contributed by atoms with Gasteiger partial charge in [0, 0.05) is 11.6 Å². The molecule has 3 rings (SSSR count). The molecular formula is C15H11N3O4S. The van der Waals surface area contributed by atoms with Gasteiger partial charge in [-0.3, -0.25) is 15.2 Å². The van der Waals surface area contributed by atoms with E-state index in [-0.39, 0.29) is 26.7 Å². The highest BCUT2D eigenvalue weighted by Crippen LogP contribution is 2.34. The number of nitro benzene ring substituents is 1. The lowest BCUT2D eigenvalue weighted by molar-refractivity contribution is -0.384. The molecule has 23 heavy (non-hydrogen) atoms. The number of sulfone groups is 1. The van der Waals surface area contributed by atoms with Crippen molar-refractivity contribution in [3.8, 4) is 11.1 Å². The number of nitrogens with one attached hydrogen (secondary N) is 1. The molecule has 0 aliphatic rings. The molecule has 116 valence electrons. The van der Waals surface area contributed by atoms with E-state index in [9.17, 15) is 18.5 Å². The first-order chi connectivity index (χ1) is 11.0. The molecule has 7 nitrogen and oxygen atoms in total. The number of para-hydroxylation sites is 1. The summed E-state index contributed by atoms with van der Waals surface area (Å²) in [6.45, 7) is 0. The number of hydrogen-bond acceptors (Lipinski definition) is 5. The maximum absolute atomic E-state index is 12.7. The highest BCUT2D eigenvalue weighted by atomic mass is 32.2. The van der Waals surface area contributed by atoms with Gasteiger partial charge in [-0.2, -0.15) is 5.10 Å². The molecule has 0 atom stereocenters. The summed E-state index contributed by atoms with van der Waals surface area (Å²) in [7, 11) is -3.86. The van der Waals surface area contributed by atoms with E-state index in [0.717, 1.165) is 0 Å². The standard InChI is InChI=1S/C15H11N3O4S/c19-18(20)14-9-5-4-8-12(14)13-10-16-17-15(13)23(21,22)11-6-2-1-3-7-11/h1-10H,(H,16,17). The van der Waals surface area contributed by atoms with Crippen LogP contribution in [0.1, 0.15) is 0 Å². The number of aromatic amines is 1. The average Bonchev–Trinajstić information content (AvgIpc) is 3.06. The first-order valence-electron chi connectivity index (χ1n) is 6.59. The molecular weight excluding hydrogens is 318 g/mol. The molecule has 0 amide bonds. The Hall–Kier alpha value is -3.00. The summed E-state index contributed by atoms with van der Waals surface area (Å²) in [4.78, 5) is 10.7. The quantitative estimate of drug-likeness (QED) is 0.585. The minimum absolute atomic E-state index is 0.0871. The molecule has 0 unspecified atom stereocenters. The summed E-state index contributed by atoms with van der Waals surface area (Å²) in [5, 5.41) is 17.2. The molecule has 2 aromatic carbocycles. The summed E-state index contributed by atoms with van der Waals surface area (Å²) < 4.78 is 25.5. The van der Waals surface area contributed by atoms with E-state index >= 15 is 0 Å². The van der Waals surface area contributed by atoms with Crippen molar-refractivity contribution in [3.05, 3.63) is 70.9 Å². The van der Waals surface area contributed by atoms with Gasteiger partial charge >= 0.3 is 0 Å². The van der Waals surface area contributed by atoms with Crippen LogP contribution >= 0.6 is 0 Å². The van der Waals surface area contributed by atoms with Crippen molar-refractivity contribution in [2.75, 3.05) is 0 Å². The predicted molar refractivity (Wildman–Crippen MR) is 82.6 cm³/mol. The SMILES string of the molecule is O=[N+]([O-])c1ccccc1-c1cn[nH]c1S(=O)(=O)c1ccccc1. The van der Waals surface area contributed by atoms with Crippen LogP contribution in [0.15, 0.2) is 70.7 Å². The van der Waals surface area contributed by atoms with Crippen molar-refractivity contribution < 1.29 is 13.3 Å². The summed E-state index contributed by atoms with van der Waals surface area (Å²) in [5.41, 5.74) is 0.181. The summed E-state index contributed by atoms with van der Waals surface area (Å²) in [5.74, 6) is 0. The lowest BCUT2D eigenvalue weighted by atomic mass is 10.1. The van der Waals surface area contributed by atoms with E-state index < -0.39 is 14.8 Å². The number of nitro groups is 1. The Morgan fingerprint density at radius 1 is 0.957 bits per heavy atom. The molecule has 0 saturated heterocycles. The van der Waals surface area contributed by atoms with Gasteiger partial charge in [0.2, 0.25) is 9.84 Å². The summed E-state index contributed by atoms with van der Waals surface area (Å²) in [6.07, 6.45) is 1.28. The predicted octanol–water partition coefficient (Wildman–Crippen LogP) is 2.82. The van der Waals surface area contributed by atoms with Gasteiger partial charge in [-0.15, -0.1) is 0 Å². The van der Waals surface area contributed by atoms with Crippen LogP contribution < -0.4 is 0 Å². The van der Waals surface area contributed by atoms with E-state index in [0.29, 0.717) is 0 Å². The fourth-order valence-electron chi connectivity index (χ4n) is 2.25. The Bertz CT molecular complexity index is 965. The zero-order chi connectivity index (χ0) is 16.4. The number of nitrogens with zero attached hydrogens (tertiary/aromatic N) is 2. The van der Waals surface area contributed by atoms with Crippen molar-refractivity contribution in [1.29, 1.82) is 0 Å². The molecule has 1 heterocycles. The minimum atomic E-state index is -3.86. The molecule has 0 radical (unpaired) electrons. The van der Waals surface area contributed by atoms with Gasteiger partial charge in [0.25, 0.3) is 5.69 Å². The molecule has 0 saturated carbocycles. The molecule has 0 aliphatic carbocycles. The van der Waals surface area contributed by atoms with Crippen molar-refractivity contribution in [3.63, 3.8) is 0 Å². The van der Waals surface area contributed by atoms with Crippen molar-refractivity contribution in [2.45, 2.75) is 9.92 Å². The molecule has 1 N–H and O–H groups in total. The van der Waals surface area contributed by atoms with Crippen LogP contribution in [0, 0.1) is 10.1 Å². The van der Waals surface area contributed by atoms with Crippen LogP contribution in [0.25, 0.3) is 11.1 Å². The van der Waals surface area contributed by atoms with Gasteiger partial charge in [-0.25, -0.2) is 8.42 Å². The van der Waals surface area contributed by atoms with E-state index in [2.05, 4.69) is 10.2 Å². The van der Waals surface area contributed by atoms with Crippen LogP contribution in [0.2, 0.25) is 0 Å². The minimum Gasteiger partial charge on any atom is -0.266 e. The van der Waals surface area contributed by atoms with Gasteiger partial charge in [0.15, 0.2) is 5.03 Å². The topological polar surface area (TPSA) is 106 Å². The number of H-pyrrole nitrogens is 1. The zero-order valence-electron chi connectivity index (χ0n) is 11.7. The number of rotatable bonds is 4. The Morgan fingerprint density at radius 3 is 2.30 bits per heavy atom. The summed E-state index contributed by atoms with van der Waals surface area (Å²) in [6, 6.07) is 13.8. The van der Waals surface area contributed by atoms with Gasteiger partial charge in [-0.05, 0) is 18.2 Å². The van der Waals surface area contributed by atoms with E-state index in [4.69, 9.17) is 0 Å². The van der Waals surface area contributed by atoms with Crippen LogP contribution in [-0.2, 0) is 9.84 Å². The van der Waals surface area contributed by atoms with Gasteiger partial charge in [0.1, 0.15) is 0 Å². The maximum atomic E-state index is 12.7. The highest BCUT2D eigenvalue weighted by molar-refractivity contribution is 7.91. The summed E-state index contributed by atoms with van der Waals surface area (Å²) >= 11 is 0. The normalized spacial score (nSPS) is 11.3. The Morgan fingerprint density at radius 2 is 1.61 bits per heavy atom. The fourth-order valence-corrected chi connectivity index (χ4v) is 3.63. The van der Waals surface area contributed by atoms with Crippen molar-refractivity contribution in [2.24, 2.45) is 0 Å². The Balaban J connectivity index is 2.21. The molecule has 0 aliphatic heterocycles. The zero-order valence-corrected chi connectivity index (χ0v) is 12.5. The van der Waals surface area contributed by atoms with Crippen LogP contribution in [0.5, 0.6) is 0 Å². The molecule has 8 heteroatoms. The van der Waals surface area contributed by atoms with Crippen LogP contribution in [0.3, 0.4) is 0 Å². The average molecular weight is 329 g/mol. The van der Waals surface area contributed by atoms with Crippen LogP contribution in [-0.4, -0.2) is 23.5 Å². The van der Waals surface area contributed by atoms with Crippen molar-refractivity contribution >= 4 is 15.5 Å². The van der Waals surface area contributed by atoms with E-state index in [1.54, 1.807) is 24.3 Å². The number of aromatic nitrogens is 2. The monoisotopic (exact) mass is 329 g/mol. The third-order valence-corrected chi connectivity index (χ3v) is 5.06. The first-order valence-corrected chi connectivity index (χ1v) is 8.07. The third-order valence-electron chi connectivity index (χ3n) is 3.32. The second-order valence-corrected chi connectivity index (χ2v) is 6.59. The second kappa shape index (κ2) is 5.65. The van der Waals surface area contributed by atoms with Crippen molar-refractivity contribution in [1.82, 2.24) is 10.2 Å². The number of benzene rings is 2. The maximum Gasteiger partial charge on any atom is 0.277 e. The van der Waals surface area contributed by atoms with E-state index in [1.165, 1.54) is 36.5 Å². The number of hydrogen-bond donors (Lipinski definition) is 1. The molecule has 0 bridgehead atoms. The highest BCUT2D eigenvalue weighted by Gasteiger charge is 2.27. The lowest BCUT2D eigenvalue weighted by Gasteiger charge is -2.06.